The minimum absolute atomic E-state index is 0.148. The Balaban J connectivity index is 1.43. The lowest BCUT2D eigenvalue weighted by Gasteiger charge is -2.56. The highest BCUT2D eigenvalue weighted by Gasteiger charge is 2.55. The van der Waals surface area contributed by atoms with Crippen molar-refractivity contribution in [2.24, 2.45) is 5.92 Å². The topological polar surface area (TPSA) is 68.8 Å². The Hall–Kier alpha value is -2.97. The number of nitrogens with zero attached hydrogens (tertiary/aromatic N) is 2. The summed E-state index contributed by atoms with van der Waals surface area (Å²) in [4.78, 5) is 20.2. The van der Waals surface area contributed by atoms with Crippen molar-refractivity contribution < 1.29 is 23.4 Å². The summed E-state index contributed by atoms with van der Waals surface area (Å²) >= 11 is 0. The molecule has 3 aliphatic rings. The number of rotatable bonds is 5. The molecule has 0 bridgehead atoms. The predicted molar refractivity (Wildman–Crippen MR) is 122 cm³/mol. The van der Waals surface area contributed by atoms with E-state index >= 15 is 0 Å². The van der Waals surface area contributed by atoms with Crippen molar-refractivity contribution in [3.8, 4) is 5.75 Å². The van der Waals surface area contributed by atoms with E-state index in [0.717, 1.165) is 52.9 Å². The van der Waals surface area contributed by atoms with Gasteiger partial charge in [0, 0.05) is 65.7 Å². The number of ether oxygens (including phenoxy) is 1. The van der Waals surface area contributed by atoms with E-state index in [9.17, 15) is 18.7 Å². The summed E-state index contributed by atoms with van der Waals surface area (Å²) in [5.41, 5.74) is 2.78. The molecule has 1 aliphatic carbocycles. The number of H-pyrrole nitrogens is 1. The summed E-state index contributed by atoms with van der Waals surface area (Å²) in [5, 5.41) is 11.4. The van der Waals surface area contributed by atoms with E-state index in [1.807, 2.05) is 28.0 Å². The third kappa shape index (κ3) is 3.31. The Morgan fingerprint density at radius 3 is 2.68 bits per heavy atom. The highest BCUT2D eigenvalue weighted by Crippen LogP contribution is 2.50. The van der Waals surface area contributed by atoms with Crippen molar-refractivity contribution in [2.75, 3.05) is 33.4 Å². The standard InChI is InChI=1S/C26H27F2N3O3/c1-34-18-5-6-19-21(9-18)29-24-22(11-32)30(10-16-8-17(27)4-7-20(16)28)12-26(23(19)24)13-31(14-26)25(33)15-2-3-15/h4-9,15,22,29,32H,2-3,10-14H2,1H3. The molecule has 6 rings (SSSR count). The first-order chi connectivity index (χ1) is 16.4. The Kier molecular flexibility index (Phi) is 4.93. The zero-order valence-electron chi connectivity index (χ0n) is 19.0. The molecule has 1 saturated carbocycles. The molecule has 3 heterocycles. The van der Waals surface area contributed by atoms with E-state index in [1.54, 1.807) is 7.11 Å². The maximum Gasteiger partial charge on any atom is 0.225 e. The van der Waals surface area contributed by atoms with Gasteiger partial charge in [-0.05, 0) is 48.7 Å². The fourth-order valence-electron chi connectivity index (χ4n) is 5.85. The van der Waals surface area contributed by atoms with Crippen molar-refractivity contribution in [1.82, 2.24) is 14.8 Å². The molecule has 6 nitrogen and oxygen atoms in total. The minimum Gasteiger partial charge on any atom is -0.497 e. The van der Waals surface area contributed by atoms with Crippen LogP contribution in [-0.4, -0.2) is 59.1 Å². The van der Waals surface area contributed by atoms with E-state index in [0.29, 0.717) is 19.6 Å². The van der Waals surface area contributed by atoms with E-state index < -0.39 is 17.7 Å². The third-order valence-electron chi connectivity index (χ3n) is 7.62. The van der Waals surface area contributed by atoms with Crippen LogP contribution >= 0.6 is 0 Å². The number of aromatic nitrogens is 1. The highest BCUT2D eigenvalue weighted by atomic mass is 19.1. The van der Waals surface area contributed by atoms with E-state index in [1.165, 1.54) is 6.07 Å². The molecule has 3 aromatic rings. The Bertz CT molecular complexity index is 1280. The van der Waals surface area contributed by atoms with Crippen molar-refractivity contribution in [1.29, 1.82) is 0 Å². The van der Waals surface area contributed by atoms with Crippen molar-refractivity contribution in [3.05, 3.63) is 64.9 Å². The molecular weight excluding hydrogens is 440 g/mol. The van der Waals surface area contributed by atoms with Gasteiger partial charge in [0.2, 0.25) is 5.91 Å². The molecular formula is C26H27F2N3O3. The van der Waals surface area contributed by atoms with Gasteiger partial charge in [-0.2, -0.15) is 0 Å². The van der Waals surface area contributed by atoms with Gasteiger partial charge in [-0.25, -0.2) is 8.78 Å². The zero-order valence-corrected chi connectivity index (χ0v) is 19.0. The molecule has 2 N–H and O–H groups in total. The van der Waals surface area contributed by atoms with Gasteiger partial charge in [-0.1, -0.05) is 0 Å². The monoisotopic (exact) mass is 467 g/mol. The molecule has 1 spiro atoms. The second-order valence-electron chi connectivity index (χ2n) is 9.91. The lowest BCUT2D eigenvalue weighted by Crippen LogP contribution is -2.67. The van der Waals surface area contributed by atoms with Gasteiger partial charge in [0.25, 0.3) is 0 Å². The second kappa shape index (κ2) is 7.78. The van der Waals surface area contributed by atoms with Crippen LogP contribution in [0.5, 0.6) is 5.75 Å². The van der Waals surface area contributed by atoms with Gasteiger partial charge in [-0.3, -0.25) is 9.69 Å². The number of likely N-dealkylation sites (tertiary alicyclic amines) is 1. The molecule has 2 aliphatic heterocycles. The lowest BCUT2D eigenvalue weighted by atomic mass is 9.68. The van der Waals surface area contributed by atoms with Crippen molar-refractivity contribution in [2.45, 2.75) is 30.8 Å². The van der Waals surface area contributed by atoms with Gasteiger partial charge in [0.1, 0.15) is 17.4 Å². The summed E-state index contributed by atoms with van der Waals surface area (Å²) < 4.78 is 33.8. The van der Waals surface area contributed by atoms with E-state index in [2.05, 4.69) is 4.98 Å². The number of carbonyl (C=O) groups excluding carboxylic acids is 1. The normalized spacial score (nSPS) is 21.5. The molecule has 8 heteroatoms. The number of aromatic amines is 1. The molecule has 0 radical (unpaired) electrons. The van der Waals surface area contributed by atoms with Gasteiger partial charge in [-0.15, -0.1) is 0 Å². The van der Waals surface area contributed by atoms with Gasteiger partial charge >= 0.3 is 0 Å². The SMILES string of the molecule is COc1ccc2c3c([nH]c2c1)C(CO)N(Cc1cc(F)ccc1F)CC31CN(C(=O)C2CC2)C1. The number of aliphatic hydroxyl groups excluding tert-OH is 1. The number of benzene rings is 2. The van der Waals surface area contributed by atoms with E-state index in [-0.39, 0.29) is 36.0 Å². The van der Waals surface area contributed by atoms with Crippen LogP contribution in [0.2, 0.25) is 0 Å². The predicted octanol–water partition coefficient (Wildman–Crippen LogP) is 3.49. The summed E-state index contributed by atoms with van der Waals surface area (Å²) in [6.07, 6.45) is 1.91. The molecule has 34 heavy (non-hydrogen) atoms. The number of hydrogen-bond acceptors (Lipinski definition) is 4. The summed E-state index contributed by atoms with van der Waals surface area (Å²) in [5.74, 6) is 0.111. The van der Waals surface area contributed by atoms with Gasteiger partial charge in [0.15, 0.2) is 0 Å². The molecule has 1 amide bonds. The molecule has 1 unspecified atom stereocenters. The van der Waals surface area contributed by atoms with Crippen LogP contribution in [0, 0.1) is 17.6 Å². The Morgan fingerprint density at radius 1 is 1.18 bits per heavy atom. The van der Waals surface area contributed by atoms with Crippen molar-refractivity contribution >= 4 is 16.8 Å². The zero-order chi connectivity index (χ0) is 23.6. The Morgan fingerprint density at radius 2 is 1.97 bits per heavy atom. The average Bonchev–Trinajstić information content (AvgIpc) is 3.59. The fraction of sp³-hybridized carbons (Fsp3) is 0.423. The number of amides is 1. The first-order valence-electron chi connectivity index (χ1n) is 11.7. The lowest BCUT2D eigenvalue weighted by molar-refractivity contribution is -0.142. The summed E-state index contributed by atoms with van der Waals surface area (Å²) in [6.45, 7) is 1.68. The average molecular weight is 468 g/mol. The highest BCUT2D eigenvalue weighted by molar-refractivity contribution is 5.89. The number of methoxy groups -OCH3 is 1. The minimum atomic E-state index is -0.494. The van der Waals surface area contributed by atoms with E-state index in [4.69, 9.17) is 4.74 Å². The number of fused-ring (bicyclic) bond motifs is 4. The number of aliphatic hydroxyl groups is 1. The number of nitrogens with one attached hydrogen (secondary N) is 1. The smallest absolute Gasteiger partial charge is 0.225 e. The number of hydrogen-bond donors (Lipinski definition) is 2. The summed E-state index contributed by atoms with van der Waals surface area (Å²) in [7, 11) is 1.62. The van der Waals surface area contributed by atoms with Gasteiger partial charge < -0.3 is 19.7 Å². The van der Waals surface area contributed by atoms with Crippen LogP contribution in [-0.2, 0) is 16.8 Å². The fourth-order valence-corrected chi connectivity index (χ4v) is 5.85. The van der Waals surface area contributed by atoms with Crippen LogP contribution < -0.4 is 4.74 Å². The van der Waals surface area contributed by atoms with Crippen LogP contribution in [0.4, 0.5) is 8.78 Å². The molecule has 1 atom stereocenters. The maximum absolute atomic E-state index is 14.5. The van der Waals surface area contributed by atoms with Gasteiger partial charge in [0.05, 0.1) is 19.8 Å². The molecule has 1 saturated heterocycles. The third-order valence-corrected chi connectivity index (χ3v) is 7.62. The Labute approximate surface area is 196 Å². The summed E-state index contributed by atoms with van der Waals surface area (Å²) in [6, 6.07) is 8.92. The number of halogens is 2. The van der Waals surface area contributed by atoms with Crippen LogP contribution in [0.3, 0.4) is 0 Å². The van der Waals surface area contributed by atoms with Crippen molar-refractivity contribution in [3.63, 3.8) is 0 Å². The van der Waals surface area contributed by atoms with Crippen LogP contribution in [0.1, 0.15) is 35.7 Å². The van der Waals surface area contributed by atoms with Crippen LogP contribution in [0.25, 0.3) is 10.9 Å². The molecule has 2 aromatic carbocycles. The van der Waals surface area contributed by atoms with Crippen LogP contribution in [0.15, 0.2) is 36.4 Å². The first-order valence-corrected chi connectivity index (χ1v) is 11.7. The maximum atomic E-state index is 14.5. The second-order valence-corrected chi connectivity index (χ2v) is 9.91. The largest absolute Gasteiger partial charge is 0.497 e. The quantitative estimate of drug-likeness (QED) is 0.603. The molecule has 2 fully saturated rings. The number of carbonyl (C=O) groups is 1. The first kappa shape index (κ1) is 21.6. The molecule has 178 valence electrons. The molecule has 1 aromatic heterocycles.